The quantitative estimate of drug-likeness (QED) is 0.674. The van der Waals surface area contributed by atoms with Crippen LogP contribution in [0.2, 0.25) is 0 Å². The minimum absolute atomic E-state index is 0.0834. The van der Waals surface area contributed by atoms with E-state index in [2.05, 4.69) is 21.2 Å². The highest BCUT2D eigenvalue weighted by atomic mass is 79.9. The summed E-state index contributed by atoms with van der Waals surface area (Å²) in [7, 11) is 0. The number of aryl methyl sites for hydroxylation is 1. The lowest BCUT2D eigenvalue weighted by Gasteiger charge is -2.04. The molecule has 0 aliphatic rings. The van der Waals surface area contributed by atoms with Crippen molar-refractivity contribution in [1.29, 1.82) is 0 Å². The number of hydrogen-bond acceptors (Lipinski definition) is 4. The number of furan rings is 1. The molecule has 0 fully saturated rings. The Kier molecular flexibility index (Phi) is 4.34. The van der Waals surface area contributed by atoms with Crippen LogP contribution in [-0.2, 0) is 13.1 Å². The van der Waals surface area contributed by atoms with Gasteiger partial charge in [-0.3, -0.25) is 10.1 Å². The van der Waals surface area contributed by atoms with Gasteiger partial charge in [0.05, 0.1) is 11.5 Å². The van der Waals surface area contributed by atoms with E-state index < -0.39 is 4.92 Å². The molecule has 0 saturated carbocycles. The SMILES string of the molecule is Cc1ccc(CNCc2cc(Br)cc([N+](=O)[O-])c2)o1. The predicted octanol–water partition coefficient (Wildman–Crippen LogP) is 3.55. The summed E-state index contributed by atoms with van der Waals surface area (Å²) in [6.45, 7) is 3.02. The standard InChI is InChI=1S/C13H13BrN2O3/c1-9-2-3-13(19-9)8-15-7-10-4-11(14)6-12(5-10)16(17)18/h2-6,15H,7-8H2,1H3. The minimum Gasteiger partial charge on any atom is -0.465 e. The smallest absolute Gasteiger partial charge is 0.270 e. The molecule has 1 aromatic heterocycles. The third-order valence-corrected chi connectivity index (χ3v) is 3.04. The zero-order chi connectivity index (χ0) is 13.8. The second-order valence-electron chi connectivity index (χ2n) is 4.19. The van der Waals surface area contributed by atoms with Crippen molar-refractivity contribution in [1.82, 2.24) is 5.32 Å². The first-order valence-electron chi connectivity index (χ1n) is 5.74. The molecule has 0 saturated heterocycles. The molecule has 0 amide bonds. The lowest BCUT2D eigenvalue weighted by molar-refractivity contribution is -0.385. The molecule has 1 aromatic carbocycles. The van der Waals surface area contributed by atoms with E-state index in [-0.39, 0.29) is 5.69 Å². The van der Waals surface area contributed by atoms with Crippen LogP contribution in [0.1, 0.15) is 17.1 Å². The van der Waals surface area contributed by atoms with Crippen LogP contribution in [0, 0.1) is 17.0 Å². The van der Waals surface area contributed by atoms with Crippen LogP contribution in [0.25, 0.3) is 0 Å². The summed E-state index contributed by atoms with van der Waals surface area (Å²) in [4.78, 5) is 10.4. The van der Waals surface area contributed by atoms with Gasteiger partial charge in [0.2, 0.25) is 0 Å². The summed E-state index contributed by atoms with van der Waals surface area (Å²) < 4.78 is 6.13. The third-order valence-electron chi connectivity index (χ3n) is 2.58. The number of halogens is 1. The summed E-state index contributed by atoms with van der Waals surface area (Å²) in [5, 5.41) is 13.9. The predicted molar refractivity (Wildman–Crippen MR) is 74.8 cm³/mol. The fraction of sp³-hybridized carbons (Fsp3) is 0.231. The number of non-ortho nitro benzene ring substituents is 1. The van der Waals surface area contributed by atoms with Gasteiger partial charge in [0.25, 0.3) is 5.69 Å². The van der Waals surface area contributed by atoms with E-state index in [0.29, 0.717) is 17.6 Å². The molecule has 0 spiro atoms. The molecular weight excluding hydrogens is 312 g/mol. The Bertz CT molecular complexity index is 595. The fourth-order valence-electron chi connectivity index (χ4n) is 1.75. The van der Waals surface area contributed by atoms with Gasteiger partial charge in [-0.2, -0.15) is 0 Å². The highest BCUT2D eigenvalue weighted by Gasteiger charge is 2.08. The lowest BCUT2D eigenvalue weighted by Crippen LogP contribution is -2.12. The highest BCUT2D eigenvalue weighted by molar-refractivity contribution is 9.10. The first-order valence-corrected chi connectivity index (χ1v) is 6.54. The van der Waals surface area contributed by atoms with E-state index in [1.165, 1.54) is 6.07 Å². The van der Waals surface area contributed by atoms with Gasteiger partial charge in [-0.25, -0.2) is 0 Å². The van der Waals surface area contributed by atoms with Gasteiger partial charge < -0.3 is 9.73 Å². The number of nitro benzene ring substituents is 1. The van der Waals surface area contributed by atoms with Crippen LogP contribution < -0.4 is 5.32 Å². The molecule has 0 atom stereocenters. The number of rotatable bonds is 5. The molecule has 6 heteroatoms. The summed E-state index contributed by atoms with van der Waals surface area (Å²) >= 11 is 3.27. The number of nitrogens with one attached hydrogen (secondary N) is 1. The molecule has 2 rings (SSSR count). The van der Waals surface area contributed by atoms with Crippen molar-refractivity contribution in [3.63, 3.8) is 0 Å². The molecule has 1 N–H and O–H groups in total. The van der Waals surface area contributed by atoms with Crippen LogP contribution in [0.15, 0.2) is 39.2 Å². The first kappa shape index (κ1) is 13.8. The van der Waals surface area contributed by atoms with Gasteiger partial charge in [0.1, 0.15) is 11.5 Å². The van der Waals surface area contributed by atoms with Crippen molar-refractivity contribution < 1.29 is 9.34 Å². The molecule has 0 radical (unpaired) electrons. The Hall–Kier alpha value is -1.66. The first-order chi connectivity index (χ1) is 9.04. The molecule has 19 heavy (non-hydrogen) atoms. The van der Waals surface area contributed by atoms with Crippen LogP contribution >= 0.6 is 15.9 Å². The van der Waals surface area contributed by atoms with Crippen LogP contribution in [-0.4, -0.2) is 4.92 Å². The van der Waals surface area contributed by atoms with Crippen molar-refractivity contribution in [3.05, 3.63) is 62.0 Å². The Balaban J connectivity index is 1.97. The van der Waals surface area contributed by atoms with Crippen LogP contribution in [0.3, 0.4) is 0 Å². The fourth-order valence-corrected chi connectivity index (χ4v) is 2.28. The van der Waals surface area contributed by atoms with Crippen molar-refractivity contribution >= 4 is 21.6 Å². The van der Waals surface area contributed by atoms with E-state index in [9.17, 15) is 10.1 Å². The van der Waals surface area contributed by atoms with E-state index in [1.807, 2.05) is 25.1 Å². The Morgan fingerprint density at radius 1 is 1.32 bits per heavy atom. The van der Waals surface area contributed by atoms with Crippen LogP contribution in [0.5, 0.6) is 0 Å². The van der Waals surface area contributed by atoms with Gasteiger partial charge in [-0.05, 0) is 30.7 Å². The van der Waals surface area contributed by atoms with Gasteiger partial charge >= 0.3 is 0 Å². The maximum absolute atomic E-state index is 10.8. The van der Waals surface area contributed by atoms with Crippen molar-refractivity contribution in [2.24, 2.45) is 0 Å². The van der Waals surface area contributed by atoms with Gasteiger partial charge in [0.15, 0.2) is 0 Å². The molecule has 0 unspecified atom stereocenters. The molecule has 100 valence electrons. The summed E-state index contributed by atoms with van der Waals surface area (Å²) in [5.74, 6) is 1.72. The summed E-state index contributed by atoms with van der Waals surface area (Å²) in [6.07, 6.45) is 0. The van der Waals surface area contributed by atoms with Gasteiger partial charge in [-0.15, -0.1) is 0 Å². The molecule has 0 bridgehead atoms. The van der Waals surface area contributed by atoms with Gasteiger partial charge in [-0.1, -0.05) is 15.9 Å². The van der Waals surface area contributed by atoms with Crippen molar-refractivity contribution in [3.8, 4) is 0 Å². The Labute approximate surface area is 118 Å². The summed E-state index contributed by atoms with van der Waals surface area (Å²) in [6, 6.07) is 8.71. The monoisotopic (exact) mass is 324 g/mol. The van der Waals surface area contributed by atoms with E-state index >= 15 is 0 Å². The van der Waals surface area contributed by atoms with Gasteiger partial charge in [0, 0.05) is 23.2 Å². The van der Waals surface area contributed by atoms with Crippen LogP contribution in [0.4, 0.5) is 5.69 Å². The second kappa shape index (κ2) is 5.99. The zero-order valence-electron chi connectivity index (χ0n) is 10.4. The Morgan fingerprint density at radius 2 is 2.11 bits per heavy atom. The number of benzene rings is 1. The second-order valence-corrected chi connectivity index (χ2v) is 5.11. The van der Waals surface area contributed by atoms with Crippen molar-refractivity contribution in [2.75, 3.05) is 0 Å². The molecule has 2 aromatic rings. The third kappa shape index (κ3) is 3.90. The summed E-state index contributed by atoms with van der Waals surface area (Å²) in [5.41, 5.74) is 0.935. The van der Waals surface area contributed by atoms with Crippen molar-refractivity contribution in [2.45, 2.75) is 20.0 Å². The van der Waals surface area contributed by atoms with E-state index in [0.717, 1.165) is 17.1 Å². The van der Waals surface area contributed by atoms with E-state index in [1.54, 1.807) is 6.07 Å². The number of nitrogens with zero attached hydrogens (tertiary/aromatic N) is 1. The largest absolute Gasteiger partial charge is 0.465 e. The zero-order valence-corrected chi connectivity index (χ0v) is 11.9. The lowest BCUT2D eigenvalue weighted by atomic mass is 10.2. The highest BCUT2D eigenvalue weighted by Crippen LogP contribution is 2.21. The molecule has 1 heterocycles. The maximum Gasteiger partial charge on any atom is 0.270 e. The Morgan fingerprint density at radius 3 is 2.74 bits per heavy atom. The topological polar surface area (TPSA) is 68.3 Å². The molecular formula is C13H13BrN2O3. The normalized spacial score (nSPS) is 10.6. The molecule has 0 aliphatic carbocycles. The number of nitro groups is 1. The number of hydrogen-bond donors (Lipinski definition) is 1. The average molecular weight is 325 g/mol. The van der Waals surface area contributed by atoms with E-state index in [4.69, 9.17) is 4.42 Å². The average Bonchev–Trinajstić information content (AvgIpc) is 2.74. The molecule has 5 nitrogen and oxygen atoms in total. The maximum atomic E-state index is 10.8. The molecule has 0 aliphatic heterocycles. The minimum atomic E-state index is -0.399.